The molecule has 1 N–H and O–H groups in total. The lowest BCUT2D eigenvalue weighted by Crippen LogP contribution is -2.51. The number of rotatable bonds is 6. The summed E-state index contributed by atoms with van der Waals surface area (Å²) in [5, 5.41) is 3.32. The van der Waals surface area contributed by atoms with Gasteiger partial charge in [0.15, 0.2) is 0 Å². The quantitative estimate of drug-likeness (QED) is 0.758. The Morgan fingerprint density at radius 3 is 2.53 bits per heavy atom. The molecule has 1 atom stereocenters. The normalized spacial score (nSPS) is 20.4. The number of carbonyl (C=O) groups is 1. The van der Waals surface area contributed by atoms with Gasteiger partial charge < -0.3 is 15.0 Å². The molecular formula is C26H34N2O2. The van der Waals surface area contributed by atoms with Crippen LogP contribution in [0.4, 0.5) is 0 Å². The number of benzene rings is 2. The van der Waals surface area contributed by atoms with Crippen LogP contribution in [0.25, 0.3) is 0 Å². The second-order valence-corrected chi connectivity index (χ2v) is 9.05. The van der Waals surface area contributed by atoms with Gasteiger partial charge in [-0.05, 0) is 49.9 Å². The monoisotopic (exact) mass is 406 g/mol. The molecule has 4 heteroatoms. The van der Waals surface area contributed by atoms with Crippen molar-refractivity contribution in [2.45, 2.75) is 63.5 Å². The maximum atomic E-state index is 12.9. The minimum Gasteiger partial charge on any atom is -0.487 e. The van der Waals surface area contributed by atoms with E-state index in [-0.39, 0.29) is 17.6 Å². The van der Waals surface area contributed by atoms with Gasteiger partial charge in [0.2, 0.25) is 5.91 Å². The van der Waals surface area contributed by atoms with Crippen molar-refractivity contribution in [3.63, 3.8) is 0 Å². The van der Waals surface area contributed by atoms with Crippen molar-refractivity contribution in [2.75, 3.05) is 20.1 Å². The highest BCUT2D eigenvalue weighted by Crippen LogP contribution is 2.44. The number of hydrogen-bond donors (Lipinski definition) is 1. The van der Waals surface area contributed by atoms with Gasteiger partial charge in [0.05, 0.1) is 12.5 Å². The zero-order chi connectivity index (χ0) is 21.0. The van der Waals surface area contributed by atoms with Gasteiger partial charge in [0, 0.05) is 25.1 Å². The van der Waals surface area contributed by atoms with Crippen molar-refractivity contribution < 1.29 is 9.53 Å². The number of nitrogens with zero attached hydrogens (tertiary/aromatic N) is 1. The summed E-state index contributed by atoms with van der Waals surface area (Å²) in [6.07, 6.45) is 6.80. The molecule has 2 heterocycles. The number of unbranched alkanes of at least 4 members (excludes halogenated alkanes) is 1. The summed E-state index contributed by atoms with van der Waals surface area (Å²) in [5.41, 5.74) is 3.36. The highest BCUT2D eigenvalue weighted by Gasteiger charge is 2.43. The Bertz CT molecular complexity index is 854. The van der Waals surface area contributed by atoms with Crippen LogP contribution in [0.3, 0.4) is 0 Å². The largest absolute Gasteiger partial charge is 0.487 e. The third-order valence-electron chi connectivity index (χ3n) is 6.64. The third kappa shape index (κ3) is 4.86. The van der Waals surface area contributed by atoms with Crippen LogP contribution in [0.1, 0.15) is 61.8 Å². The van der Waals surface area contributed by atoms with E-state index in [1.165, 1.54) is 18.4 Å². The first-order chi connectivity index (χ1) is 14.6. The third-order valence-corrected chi connectivity index (χ3v) is 6.64. The summed E-state index contributed by atoms with van der Waals surface area (Å²) < 4.78 is 6.51. The molecule has 1 amide bonds. The fraction of sp³-hybridized carbons (Fsp3) is 0.500. The number of hydrogen-bond acceptors (Lipinski definition) is 3. The van der Waals surface area contributed by atoms with Crippen LogP contribution in [-0.2, 0) is 17.6 Å². The van der Waals surface area contributed by atoms with Crippen LogP contribution in [0.15, 0.2) is 48.5 Å². The highest BCUT2D eigenvalue weighted by atomic mass is 16.5. The molecule has 0 aliphatic carbocycles. The summed E-state index contributed by atoms with van der Waals surface area (Å²) in [6.45, 7) is 4.28. The van der Waals surface area contributed by atoms with Crippen LogP contribution in [-0.4, -0.2) is 36.5 Å². The lowest BCUT2D eigenvalue weighted by atomic mass is 9.80. The number of ether oxygens (including phenoxy) is 1. The standard InChI is InChI=1S/C26H34N2O2/c1-3-4-7-20-10-12-21(13-11-20)18-25(29)27-23-19-26(14-16-28(2)17-15-26)30-24-9-6-5-8-22(23)24/h5-6,8-13,23H,3-4,7,14-19H2,1-2H3,(H,27,29)/t23-/m1/s1. The number of likely N-dealkylation sites (tertiary alicyclic amines) is 1. The maximum Gasteiger partial charge on any atom is 0.224 e. The predicted molar refractivity (Wildman–Crippen MR) is 121 cm³/mol. The average molecular weight is 407 g/mol. The van der Waals surface area contributed by atoms with Crippen molar-refractivity contribution in [1.29, 1.82) is 0 Å². The topological polar surface area (TPSA) is 41.6 Å². The molecule has 0 aromatic heterocycles. The zero-order valence-electron chi connectivity index (χ0n) is 18.3. The molecule has 30 heavy (non-hydrogen) atoms. The maximum absolute atomic E-state index is 12.9. The summed E-state index contributed by atoms with van der Waals surface area (Å²) >= 11 is 0. The van der Waals surface area contributed by atoms with E-state index in [2.05, 4.69) is 54.5 Å². The smallest absolute Gasteiger partial charge is 0.224 e. The number of aryl methyl sites for hydroxylation is 1. The predicted octanol–water partition coefficient (Wildman–Crippen LogP) is 4.68. The van der Waals surface area contributed by atoms with Crippen LogP contribution >= 0.6 is 0 Å². The Hall–Kier alpha value is -2.33. The Balaban J connectivity index is 1.44. The van der Waals surface area contributed by atoms with Crippen molar-refractivity contribution in [3.8, 4) is 5.75 Å². The van der Waals surface area contributed by atoms with Crippen LogP contribution in [0, 0.1) is 0 Å². The van der Waals surface area contributed by atoms with E-state index >= 15 is 0 Å². The first-order valence-electron chi connectivity index (χ1n) is 11.4. The molecule has 4 rings (SSSR count). The Kier molecular flexibility index (Phi) is 6.43. The van der Waals surface area contributed by atoms with Crippen LogP contribution < -0.4 is 10.1 Å². The second-order valence-electron chi connectivity index (χ2n) is 9.05. The first kappa shape index (κ1) is 20.9. The van der Waals surface area contributed by atoms with Gasteiger partial charge in [0.25, 0.3) is 0 Å². The van der Waals surface area contributed by atoms with Crippen LogP contribution in [0.2, 0.25) is 0 Å². The number of nitrogens with one attached hydrogen (secondary N) is 1. The average Bonchev–Trinajstić information content (AvgIpc) is 2.75. The Morgan fingerprint density at radius 2 is 1.80 bits per heavy atom. The van der Waals surface area contributed by atoms with Crippen molar-refractivity contribution in [3.05, 3.63) is 65.2 Å². The van der Waals surface area contributed by atoms with Gasteiger partial charge in [-0.2, -0.15) is 0 Å². The van der Waals surface area contributed by atoms with Gasteiger partial charge in [0.1, 0.15) is 11.4 Å². The SMILES string of the molecule is CCCCc1ccc(CC(=O)N[C@@H]2CC3(CCN(C)CC3)Oc3ccccc32)cc1. The molecule has 2 aromatic carbocycles. The van der Waals surface area contributed by atoms with Gasteiger partial charge in [-0.15, -0.1) is 0 Å². The lowest BCUT2D eigenvalue weighted by molar-refractivity contribution is -0.122. The fourth-order valence-electron chi connectivity index (χ4n) is 4.71. The molecule has 2 aromatic rings. The van der Waals surface area contributed by atoms with Crippen molar-refractivity contribution >= 4 is 5.91 Å². The molecule has 160 valence electrons. The first-order valence-corrected chi connectivity index (χ1v) is 11.4. The molecule has 0 unspecified atom stereocenters. The van der Waals surface area contributed by atoms with E-state index in [0.29, 0.717) is 6.42 Å². The summed E-state index contributed by atoms with van der Waals surface area (Å²) in [5.74, 6) is 1.01. The molecule has 1 saturated heterocycles. The molecule has 2 aliphatic heterocycles. The van der Waals surface area contributed by atoms with E-state index < -0.39 is 0 Å². The van der Waals surface area contributed by atoms with E-state index in [9.17, 15) is 4.79 Å². The van der Waals surface area contributed by atoms with Gasteiger partial charge in [-0.1, -0.05) is 55.8 Å². The molecule has 4 nitrogen and oxygen atoms in total. The number of fused-ring (bicyclic) bond motifs is 1. The minimum atomic E-state index is -0.167. The molecule has 1 fully saturated rings. The lowest BCUT2D eigenvalue weighted by Gasteiger charge is -2.46. The zero-order valence-corrected chi connectivity index (χ0v) is 18.3. The molecule has 0 bridgehead atoms. The van der Waals surface area contributed by atoms with E-state index in [0.717, 1.165) is 55.6 Å². The molecule has 2 aliphatic rings. The van der Waals surface area contributed by atoms with Gasteiger partial charge >= 0.3 is 0 Å². The number of piperidine rings is 1. The van der Waals surface area contributed by atoms with Crippen molar-refractivity contribution in [2.24, 2.45) is 0 Å². The minimum absolute atomic E-state index is 0.00897. The van der Waals surface area contributed by atoms with Crippen LogP contribution in [0.5, 0.6) is 5.75 Å². The second kappa shape index (κ2) is 9.22. The Labute approximate surface area is 180 Å². The number of para-hydroxylation sites is 1. The van der Waals surface area contributed by atoms with E-state index in [1.807, 2.05) is 18.2 Å². The number of carbonyl (C=O) groups excluding carboxylic acids is 1. The van der Waals surface area contributed by atoms with Crippen molar-refractivity contribution in [1.82, 2.24) is 10.2 Å². The fourth-order valence-corrected chi connectivity index (χ4v) is 4.71. The molecule has 1 spiro atoms. The summed E-state index contributed by atoms with van der Waals surface area (Å²) in [6, 6.07) is 16.7. The molecule has 0 saturated carbocycles. The van der Waals surface area contributed by atoms with E-state index in [4.69, 9.17) is 4.74 Å². The molecular weight excluding hydrogens is 372 g/mol. The van der Waals surface area contributed by atoms with Gasteiger partial charge in [-0.25, -0.2) is 0 Å². The van der Waals surface area contributed by atoms with Gasteiger partial charge in [-0.3, -0.25) is 4.79 Å². The number of amides is 1. The summed E-state index contributed by atoms with van der Waals surface area (Å²) in [4.78, 5) is 15.3. The van der Waals surface area contributed by atoms with E-state index in [1.54, 1.807) is 0 Å². The molecule has 0 radical (unpaired) electrons. The Morgan fingerprint density at radius 1 is 1.10 bits per heavy atom. The highest BCUT2D eigenvalue weighted by molar-refractivity contribution is 5.79. The summed E-state index contributed by atoms with van der Waals surface area (Å²) in [7, 11) is 2.16.